The topological polar surface area (TPSA) is 73.7 Å². The van der Waals surface area contributed by atoms with Gasteiger partial charge in [0, 0.05) is 37.6 Å². The minimum Gasteiger partial charge on any atom is -0.476 e. The maximum absolute atomic E-state index is 11.1. The summed E-state index contributed by atoms with van der Waals surface area (Å²) in [5.41, 5.74) is 1.67. The van der Waals surface area contributed by atoms with Gasteiger partial charge in [0.1, 0.15) is 0 Å². The lowest BCUT2D eigenvalue weighted by Gasteiger charge is -2.39. The first kappa shape index (κ1) is 16.9. The van der Waals surface area contributed by atoms with E-state index in [-0.39, 0.29) is 6.42 Å². The zero-order valence-electron chi connectivity index (χ0n) is 14.0. The molecule has 24 heavy (non-hydrogen) atoms. The Bertz CT molecular complexity index is 582. The molecule has 2 aliphatic rings. The smallest absolute Gasteiger partial charge is 0.372 e. The summed E-state index contributed by atoms with van der Waals surface area (Å²) >= 11 is 0. The van der Waals surface area contributed by atoms with Gasteiger partial charge in [-0.25, -0.2) is 4.79 Å². The van der Waals surface area contributed by atoms with Gasteiger partial charge in [-0.1, -0.05) is 0 Å². The highest BCUT2D eigenvalue weighted by atomic mass is 16.4. The van der Waals surface area contributed by atoms with E-state index in [1.165, 1.54) is 24.9 Å². The van der Waals surface area contributed by atoms with Crippen LogP contribution < -0.4 is 4.90 Å². The molecule has 0 aromatic carbocycles. The minimum atomic E-state index is -1.31. The number of hydrogen-bond donors (Lipinski definition) is 1. The highest BCUT2D eigenvalue weighted by molar-refractivity contribution is 6.32. The van der Waals surface area contributed by atoms with Crippen LogP contribution in [0.2, 0.25) is 0 Å². The molecule has 6 nitrogen and oxygen atoms in total. The molecule has 0 aliphatic carbocycles. The van der Waals surface area contributed by atoms with Gasteiger partial charge in [0.05, 0.1) is 0 Å². The number of aliphatic carboxylic acids is 1. The second-order valence-electron chi connectivity index (χ2n) is 7.05. The predicted molar refractivity (Wildman–Crippen MR) is 91.1 cm³/mol. The molecule has 0 saturated carbocycles. The van der Waals surface area contributed by atoms with Gasteiger partial charge >= 0.3 is 5.97 Å². The molecule has 130 valence electrons. The summed E-state index contributed by atoms with van der Waals surface area (Å²) in [7, 11) is 0. The molecule has 0 unspecified atom stereocenters. The number of carboxylic acids is 1. The first-order valence-electron chi connectivity index (χ1n) is 8.71. The van der Waals surface area contributed by atoms with Crippen LogP contribution in [0.3, 0.4) is 0 Å². The number of ketones is 1. The van der Waals surface area contributed by atoms with E-state index in [1.807, 2.05) is 12.4 Å². The molecular formula is C18H25N3O3. The van der Waals surface area contributed by atoms with E-state index in [1.54, 1.807) is 0 Å². The number of rotatable bonds is 6. The summed E-state index contributed by atoms with van der Waals surface area (Å²) in [6, 6.07) is 4.15. The molecule has 0 amide bonds. The van der Waals surface area contributed by atoms with Crippen molar-refractivity contribution in [3.05, 3.63) is 24.5 Å². The molecular weight excluding hydrogens is 306 g/mol. The fourth-order valence-electron chi connectivity index (χ4n) is 3.94. The lowest BCUT2D eigenvalue weighted by Crippen LogP contribution is -2.42. The zero-order valence-corrected chi connectivity index (χ0v) is 14.0. The second-order valence-corrected chi connectivity index (χ2v) is 7.05. The first-order chi connectivity index (χ1) is 11.6. The summed E-state index contributed by atoms with van der Waals surface area (Å²) in [5, 5.41) is 8.61. The number of nitrogens with zero attached hydrogens (tertiary/aromatic N) is 3. The molecule has 1 spiro atoms. The molecule has 3 heterocycles. The van der Waals surface area contributed by atoms with Crippen molar-refractivity contribution in [1.82, 2.24) is 9.88 Å². The third-order valence-corrected chi connectivity index (χ3v) is 5.50. The van der Waals surface area contributed by atoms with Crippen molar-refractivity contribution in [3.8, 4) is 0 Å². The summed E-state index contributed by atoms with van der Waals surface area (Å²) in [6.07, 6.45) is 8.08. The number of Topliss-reactive ketones (excluding diaryl/α,β-unsaturated/α-hetero) is 1. The molecule has 2 aliphatic heterocycles. The SMILES string of the molecule is O=C(O)C(=O)CCCN1CCC2(CC1)CCN(c1ccncc1)C2. The van der Waals surface area contributed by atoms with E-state index in [9.17, 15) is 9.59 Å². The fraction of sp³-hybridized carbons (Fsp3) is 0.611. The van der Waals surface area contributed by atoms with E-state index in [4.69, 9.17) is 5.11 Å². The van der Waals surface area contributed by atoms with E-state index >= 15 is 0 Å². The van der Waals surface area contributed by atoms with Gasteiger partial charge < -0.3 is 14.9 Å². The first-order valence-corrected chi connectivity index (χ1v) is 8.71. The third-order valence-electron chi connectivity index (χ3n) is 5.50. The zero-order chi connectivity index (χ0) is 17.0. The Morgan fingerprint density at radius 3 is 2.46 bits per heavy atom. The Morgan fingerprint density at radius 1 is 1.12 bits per heavy atom. The summed E-state index contributed by atoms with van der Waals surface area (Å²) in [6.45, 7) is 5.14. The van der Waals surface area contributed by atoms with E-state index in [0.29, 0.717) is 11.8 Å². The highest BCUT2D eigenvalue weighted by Crippen LogP contribution is 2.41. The number of anilines is 1. The van der Waals surface area contributed by atoms with Crippen LogP contribution in [0.5, 0.6) is 0 Å². The Morgan fingerprint density at radius 2 is 1.79 bits per heavy atom. The number of aromatic nitrogens is 1. The third kappa shape index (κ3) is 3.93. The monoisotopic (exact) mass is 331 g/mol. The molecule has 0 atom stereocenters. The summed E-state index contributed by atoms with van der Waals surface area (Å²) < 4.78 is 0. The van der Waals surface area contributed by atoms with Crippen molar-refractivity contribution >= 4 is 17.4 Å². The molecule has 2 saturated heterocycles. The van der Waals surface area contributed by atoms with Crippen LogP contribution in [-0.4, -0.2) is 59.5 Å². The van der Waals surface area contributed by atoms with E-state index in [2.05, 4.69) is 26.9 Å². The molecule has 3 rings (SSSR count). The lowest BCUT2D eigenvalue weighted by atomic mass is 9.77. The van der Waals surface area contributed by atoms with Crippen LogP contribution in [0.1, 0.15) is 32.1 Å². The van der Waals surface area contributed by atoms with Gasteiger partial charge in [0.2, 0.25) is 5.78 Å². The van der Waals surface area contributed by atoms with Crippen molar-refractivity contribution in [1.29, 1.82) is 0 Å². The molecule has 1 aromatic heterocycles. The number of carbonyl (C=O) groups excluding carboxylic acids is 1. The fourth-order valence-corrected chi connectivity index (χ4v) is 3.94. The van der Waals surface area contributed by atoms with Crippen molar-refractivity contribution < 1.29 is 14.7 Å². The Hall–Kier alpha value is -1.95. The quantitative estimate of drug-likeness (QED) is 0.802. The molecule has 0 bridgehead atoms. The normalized spacial score (nSPS) is 20.4. The number of hydrogen-bond acceptors (Lipinski definition) is 5. The van der Waals surface area contributed by atoms with Gasteiger partial charge in [0.15, 0.2) is 0 Å². The van der Waals surface area contributed by atoms with E-state index in [0.717, 1.165) is 32.7 Å². The molecule has 2 fully saturated rings. The number of carboxylic acid groups (broad SMARTS) is 1. The number of piperidine rings is 1. The highest BCUT2D eigenvalue weighted by Gasteiger charge is 2.40. The Kier molecular flexibility index (Phi) is 5.14. The largest absolute Gasteiger partial charge is 0.476 e. The van der Waals surface area contributed by atoms with Crippen molar-refractivity contribution in [2.24, 2.45) is 5.41 Å². The van der Waals surface area contributed by atoms with Gasteiger partial charge in [-0.05, 0) is 62.9 Å². The maximum atomic E-state index is 11.1. The number of likely N-dealkylation sites (tertiary alicyclic amines) is 1. The molecule has 1 aromatic rings. The minimum absolute atomic E-state index is 0.146. The van der Waals surface area contributed by atoms with Crippen molar-refractivity contribution in [3.63, 3.8) is 0 Å². The molecule has 6 heteroatoms. The number of pyridine rings is 1. The summed E-state index contributed by atoms with van der Waals surface area (Å²) in [4.78, 5) is 30.6. The van der Waals surface area contributed by atoms with Crippen molar-refractivity contribution in [2.75, 3.05) is 37.6 Å². The molecule has 0 radical (unpaired) electrons. The number of carbonyl (C=O) groups is 2. The van der Waals surface area contributed by atoms with Crippen LogP contribution in [0.4, 0.5) is 5.69 Å². The van der Waals surface area contributed by atoms with Crippen LogP contribution in [0.25, 0.3) is 0 Å². The maximum Gasteiger partial charge on any atom is 0.372 e. The van der Waals surface area contributed by atoms with Crippen LogP contribution in [0.15, 0.2) is 24.5 Å². The van der Waals surface area contributed by atoms with Crippen LogP contribution >= 0.6 is 0 Å². The standard InChI is InChI=1S/C18H25N3O3/c22-16(17(23)24)2-1-10-20-11-5-18(6-12-20)7-13-21(14-18)15-3-8-19-9-4-15/h3-4,8-9H,1-2,5-7,10-14H2,(H,23,24). The predicted octanol–water partition coefficient (Wildman–Crippen LogP) is 1.81. The molecule has 1 N–H and O–H groups in total. The Balaban J connectivity index is 1.44. The van der Waals surface area contributed by atoms with Crippen LogP contribution in [-0.2, 0) is 9.59 Å². The van der Waals surface area contributed by atoms with Crippen molar-refractivity contribution in [2.45, 2.75) is 32.1 Å². The van der Waals surface area contributed by atoms with Gasteiger partial charge in [0.25, 0.3) is 0 Å². The van der Waals surface area contributed by atoms with Crippen LogP contribution in [0, 0.1) is 5.41 Å². The van der Waals surface area contributed by atoms with Gasteiger partial charge in [-0.15, -0.1) is 0 Å². The average molecular weight is 331 g/mol. The Labute approximate surface area is 142 Å². The average Bonchev–Trinajstić information content (AvgIpc) is 3.01. The van der Waals surface area contributed by atoms with E-state index < -0.39 is 11.8 Å². The lowest BCUT2D eigenvalue weighted by molar-refractivity contribution is -0.149. The second kappa shape index (κ2) is 7.30. The summed E-state index contributed by atoms with van der Waals surface area (Å²) in [5.74, 6) is -1.98. The van der Waals surface area contributed by atoms with Gasteiger partial charge in [-0.3, -0.25) is 9.78 Å². The van der Waals surface area contributed by atoms with Gasteiger partial charge in [-0.2, -0.15) is 0 Å².